The van der Waals surface area contributed by atoms with Gasteiger partial charge in [-0.05, 0) is 23.3 Å². The van der Waals surface area contributed by atoms with Crippen molar-refractivity contribution < 1.29 is 9.84 Å². The molecule has 2 aromatic carbocycles. The van der Waals surface area contributed by atoms with Crippen molar-refractivity contribution in [1.82, 2.24) is 0 Å². The molecule has 0 saturated carbocycles. The number of benzene rings is 2. The second kappa shape index (κ2) is 5.67. The Balaban J connectivity index is 2.44. The first-order valence-corrected chi connectivity index (χ1v) is 5.87. The Labute approximate surface area is 107 Å². The molecule has 2 aromatic rings. The molecule has 0 aliphatic heterocycles. The van der Waals surface area contributed by atoms with Gasteiger partial charge in [0.05, 0.1) is 13.2 Å². The number of aliphatic hydroxyl groups excluding tert-OH is 1. The highest BCUT2D eigenvalue weighted by molar-refractivity contribution is 5.70. The van der Waals surface area contributed by atoms with Gasteiger partial charge in [-0.25, -0.2) is 0 Å². The first kappa shape index (κ1) is 12.6. The highest BCUT2D eigenvalue weighted by Crippen LogP contribution is 2.30. The zero-order valence-corrected chi connectivity index (χ0v) is 10.3. The molecule has 0 bridgehead atoms. The third-order valence-electron chi connectivity index (χ3n) is 2.91. The van der Waals surface area contributed by atoms with E-state index in [0.29, 0.717) is 0 Å². The van der Waals surface area contributed by atoms with E-state index in [0.717, 1.165) is 22.4 Å². The van der Waals surface area contributed by atoms with Crippen LogP contribution in [0, 0.1) is 0 Å². The van der Waals surface area contributed by atoms with Crippen molar-refractivity contribution in [2.75, 3.05) is 13.7 Å². The molecule has 1 unspecified atom stereocenters. The number of methoxy groups -OCH3 is 1. The molecule has 1 atom stereocenters. The van der Waals surface area contributed by atoms with Crippen molar-refractivity contribution in [3.05, 3.63) is 54.1 Å². The summed E-state index contributed by atoms with van der Waals surface area (Å²) >= 11 is 0. The minimum absolute atomic E-state index is 0.218. The topological polar surface area (TPSA) is 55.5 Å². The molecule has 0 aliphatic rings. The monoisotopic (exact) mass is 243 g/mol. The van der Waals surface area contributed by atoms with Crippen LogP contribution >= 0.6 is 0 Å². The minimum atomic E-state index is -0.625. The number of nitrogens with two attached hydrogens (primary N) is 1. The molecule has 0 heterocycles. The number of hydrogen-bond donors (Lipinski definition) is 2. The number of aliphatic hydroxyl groups is 1. The van der Waals surface area contributed by atoms with Crippen molar-refractivity contribution in [3.8, 4) is 16.9 Å². The second-order valence-corrected chi connectivity index (χ2v) is 4.08. The molecule has 0 aliphatic carbocycles. The molecule has 3 heteroatoms. The van der Waals surface area contributed by atoms with Gasteiger partial charge in [0.25, 0.3) is 0 Å². The van der Waals surface area contributed by atoms with E-state index in [1.54, 1.807) is 7.11 Å². The average molecular weight is 243 g/mol. The van der Waals surface area contributed by atoms with Crippen LogP contribution in [0.2, 0.25) is 0 Å². The maximum atomic E-state index is 9.77. The Morgan fingerprint density at radius 3 is 2.67 bits per heavy atom. The van der Waals surface area contributed by atoms with E-state index in [1.165, 1.54) is 0 Å². The van der Waals surface area contributed by atoms with E-state index in [1.807, 2.05) is 48.5 Å². The standard InChI is InChI=1S/C15H17NO2/c1-18-15-8-3-2-7-13(15)11-5-4-6-12(9-11)14(17)10-16/h2-9,14,17H,10,16H2,1H3. The molecule has 0 aromatic heterocycles. The summed E-state index contributed by atoms with van der Waals surface area (Å²) in [6.45, 7) is 0.218. The van der Waals surface area contributed by atoms with Crippen LogP contribution in [0.3, 0.4) is 0 Å². The fourth-order valence-electron chi connectivity index (χ4n) is 1.93. The van der Waals surface area contributed by atoms with Crippen molar-refractivity contribution in [1.29, 1.82) is 0 Å². The first-order chi connectivity index (χ1) is 8.76. The van der Waals surface area contributed by atoms with E-state index in [2.05, 4.69) is 0 Å². The smallest absolute Gasteiger partial charge is 0.126 e. The third-order valence-corrected chi connectivity index (χ3v) is 2.91. The summed E-state index contributed by atoms with van der Waals surface area (Å²) in [5.74, 6) is 0.817. The number of para-hydroxylation sites is 1. The number of rotatable bonds is 4. The largest absolute Gasteiger partial charge is 0.496 e. The molecule has 94 valence electrons. The van der Waals surface area contributed by atoms with Crippen LogP contribution in [0.1, 0.15) is 11.7 Å². The molecule has 3 N–H and O–H groups in total. The van der Waals surface area contributed by atoms with Gasteiger partial charge in [0.2, 0.25) is 0 Å². The molecular weight excluding hydrogens is 226 g/mol. The van der Waals surface area contributed by atoms with Gasteiger partial charge in [0.15, 0.2) is 0 Å². The van der Waals surface area contributed by atoms with Gasteiger partial charge in [-0.15, -0.1) is 0 Å². The second-order valence-electron chi connectivity index (χ2n) is 4.08. The molecule has 2 rings (SSSR count). The molecule has 3 nitrogen and oxygen atoms in total. The average Bonchev–Trinajstić information content (AvgIpc) is 2.46. The maximum Gasteiger partial charge on any atom is 0.126 e. The van der Waals surface area contributed by atoms with Gasteiger partial charge < -0.3 is 15.6 Å². The van der Waals surface area contributed by atoms with Gasteiger partial charge >= 0.3 is 0 Å². The molecule has 0 saturated heterocycles. The lowest BCUT2D eigenvalue weighted by Crippen LogP contribution is -2.11. The van der Waals surface area contributed by atoms with Crippen LogP contribution in [-0.4, -0.2) is 18.8 Å². The maximum absolute atomic E-state index is 9.77. The van der Waals surface area contributed by atoms with E-state index in [4.69, 9.17) is 10.5 Å². The summed E-state index contributed by atoms with van der Waals surface area (Å²) in [6, 6.07) is 15.5. The lowest BCUT2D eigenvalue weighted by Gasteiger charge is -2.12. The van der Waals surface area contributed by atoms with E-state index < -0.39 is 6.10 Å². The predicted molar refractivity (Wildman–Crippen MR) is 72.4 cm³/mol. The van der Waals surface area contributed by atoms with Crippen molar-refractivity contribution in [2.24, 2.45) is 5.73 Å². The Bertz CT molecular complexity index is 525. The summed E-state index contributed by atoms with van der Waals surface area (Å²) in [6.07, 6.45) is -0.625. The molecule has 0 spiro atoms. The Morgan fingerprint density at radius 2 is 1.94 bits per heavy atom. The zero-order valence-electron chi connectivity index (χ0n) is 10.3. The van der Waals surface area contributed by atoms with Crippen LogP contribution in [0.5, 0.6) is 5.75 Å². The molecule has 0 radical (unpaired) electrons. The summed E-state index contributed by atoms with van der Waals surface area (Å²) in [5, 5.41) is 9.77. The van der Waals surface area contributed by atoms with Gasteiger partial charge in [0, 0.05) is 12.1 Å². The first-order valence-electron chi connectivity index (χ1n) is 5.87. The van der Waals surface area contributed by atoms with Crippen LogP contribution in [0.15, 0.2) is 48.5 Å². The Hall–Kier alpha value is -1.84. The zero-order chi connectivity index (χ0) is 13.0. The van der Waals surface area contributed by atoms with E-state index in [-0.39, 0.29) is 6.54 Å². The fourth-order valence-corrected chi connectivity index (χ4v) is 1.93. The normalized spacial score (nSPS) is 12.2. The summed E-state index contributed by atoms with van der Waals surface area (Å²) in [4.78, 5) is 0. The molecular formula is C15H17NO2. The summed E-state index contributed by atoms with van der Waals surface area (Å²) in [7, 11) is 1.65. The lowest BCUT2D eigenvalue weighted by molar-refractivity contribution is 0.187. The van der Waals surface area contributed by atoms with Gasteiger partial charge in [-0.2, -0.15) is 0 Å². The molecule has 18 heavy (non-hydrogen) atoms. The summed E-state index contributed by atoms with van der Waals surface area (Å²) < 4.78 is 5.34. The van der Waals surface area contributed by atoms with Gasteiger partial charge in [-0.1, -0.05) is 36.4 Å². The Morgan fingerprint density at radius 1 is 1.17 bits per heavy atom. The van der Waals surface area contributed by atoms with Crippen LogP contribution in [-0.2, 0) is 0 Å². The van der Waals surface area contributed by atoms with Gasteiger partial charge in [-0.3, -0.25) is 0 Å². The highest BCUT2D eigenvalue weighted by Gasteiger charge is 2.09. The summed E-state index contributed by atoms with van der Waals surface area (Å²) in [5.41, 5.74) is 8.31. The van der Waals surface area contributed by atoms with Crippen LogP contribution in [0.25, 0.3) is 11.1 Å². The van der Waals surface area contributed by atoms with Gasteiger partial charge in [0.1, 0.15) is 5.75 Å². The van der Waals surface area contributed by atoms with Crippen molar-refractivity contribution in [3.63, 3.8) is 0 Å². The van der Waals surface area contributed by atoms with Crippen molar-refractivity contribution >= 4 is 0 Å². The van der Waals surface area contributed by atoms with Crippen LogP contribution in [0.4, 0.5) is 0 Å². The van der Waals surface area contributed by atoms with Crippen LogP contribution < -0.4 is 10.5 Å². The predicted octanol–water partition coefficient (Wildman–Crippen LogP) is 2.35. The number of hydrogen-bond acceptors (Lipinski definition) is 3. The molecule has 0 amide bonds. The quantitative estimate of drug-likeness (QED) is 0.866. The van der Waals surface area contributed by atoms with E-state index in [9.17, 15) is 5.11 Å². The highest BCUT2D eigenvalue weighted by atomic mass is 16.5. The SMILES string of the molecule is COc1ccccc1-c1cccc(C(O)CN)c1. The number of ether oxygens (including phenoxy) is 1. The lowest BCUT2D eigenvalue weighted by atomic mass is 10.00. The Kier molecular flexibility index (Phi) is 3.97. The van der Waals surface area contributed by atoms with E-state index >= 15 is 0 Å². The minimum Gasteiger partial charge on any atom is -0.496 e. The molecule has 0 fully saturated rings. The third kappa shape index (κ3) is 2.53. The fraction of sp³-hybridized carbons (Fsp3) is 0.200. The van der Waals surface area contributed by atoms with Crippen molar-refractivity contribution in [2.45, 2.75) is 6.10 Å².